The molecule has 0 nitrogen and oxygen atoms in total. The maximum absolute atomic E-state index is 2.99. The average Bonchev–Trinajstić information content (AvgIpc) is 3.54. The molecule has 2 fully saturated rings. The smallest absolute Gasteiger partial charge is 0.328 e. The molecule has 0 bridgehead atoms. The second-order valence-electron chi connectivity index (χ2n) is 8.18. The first-order valence-electron chi connectivity index (χ1n) is 11.8. The molecule has 0 radical (unpaired) electrons. The Balaban J connectivity index is 0.000000439. The van der Waals surface area contributed by atoms with E-state index in [2.05, 4.69) is 79.6 Å². The molecule has 0 aliphatic heterocycles. The van der Waals surface area contributed by atoms with Gasteiger partial charge in [-0.15, -0.1) is 71.0 Å². The summed E-state index contributed by atoms with van der Waals surface area (Å²) in [5.41, 5.74) is 0. The Bertz CT molecular complexity index is 806. The summed E-state index contributed by atoms with van der Waals surface area (Å²) in [6.45, 7) is 0. The summed E-state index contributed by atoms with van der Waals surface area (Å²) in [5.74, 6) is 0. The van der Waals surface area contributed by atoms with Crippen molar-refractivity contribution < 1.29 is 26.2 Å². The van der Waals surface area contributed by atoms with E-state index in [0.29, 0.717) is 0 Å². The van der Waals surface area contributed by atoms with Crippen molar-refractivity contribution in [2.75, 3.05) is 0 Å². The Morgan fingerprint density at radius 1 is 0.606 bits per heavy atom. The van der Waals surface area contributed by atoms with Crippen LogP contribution in [0.2, 0.25) is 0 Å². The molecule has 3 heteroatoms. The molecule has 0 amide bonds. The molecule has 0 aromatic heterocycles. The molecule has 3 aliphatic rings. The van der Waals surface area contributed by atoms with Crippen molar-refractivity contribution in [2.45, 2.75) is 70.6 Å². The van der Waals surface area contributed by atoms with Crippen LogP contribution in [-0.4, -0.2) is 0 Å². The van der Waals surface area contributed by atoms with E-state index in [4.69, 9.17) is 0 Å². The summed E-state index contributed by atoms with van der Waals surface area (Å²) < 4.78 is 0. The minimum atomic E-state index is 0. The quantitative estimate of drug-likeness (QED) is 0.240. The number of rotatable bonds is 0. The molecule has 3 aromatic rings. The molecule has 3 aliphatic carbocycles. The Kier molecular flexibility index (Phi) is 20.1. The number of hydrogen-bond acceptors (Lipinski definition) is 0. The predicted octanol–water partition coefficient (Wildman–Crippen LogP) is 10.2. The topological polar surface area (TPSA) is 0 Å². The largest absolute Gasteiger partial charge is 4.00 e. The number of allylic oxidation sites excluding steroid dienone is 4. The van der Waals surface area contributed by atoms with Crippen molar-refractivity contribution in [3.05, 3.63) is 91.7 Å². The normalized spacial score (nSPS) is 15.8. The van der Waals surface area contributed by atoms with E-state index in [9.17, 15) is 0 Å². The molecule has 0 saturated heterocycles. The van der Waals surface area contributed by atoms with Gasteiger partial charge < -0.3 is 12.8 Å². The summed E-state index contributed by atoms with van der Waals surface area (Å²) in [5, 5.41) is 5.39. The van der Waals surface area contributed by atoms with Crippen LogP contribution in [0.5, 0.6) is 0 Å². The van der Waals surface area contributed by atoms with Gasteiger partial charge in [0.05, 0.1) is 0 Å². The molecule has 176 valence electrons. The predicted molar refractivity (Wildman–Crippen MR) is 148 cm³/mol. The zero-order valence-corrected chi connectivity index (χ0v) is 23.8. The maximum atomic E-state index is 2.99. The van der Waals surface area contributed by atoms with Crippen molar-refractivity contribution in [1.82, 2.24) is 0 Å². The molecule has 6 rings (SSSR count). The van der Waals surface area contributed by atoms with Crippen LogP contribution in [0, 0.1) is 18.9 Å². The third-order valence-electron chi connectivity index (χ3n) is 5.74. The summed E-state index contributed by atoms with van der Waals surface area (Å²) in [6.07, 6.45) is 29.0. The van der Waals surface area contributed by atoms with Gasteiger partial charge in [-0.3, -0.25) is 6.08 Å². The van der Waals surface area contributed by atoms with Gasteiger partial charge in [0.15, 0.2) is 0 Å². The Morgan fingerprint density at radius 2 is 1.06 bits per heavy atom. The van der Waals surface area contributed by atoms with Gasteiger partial charge in [-0.2, -0.15) is 31.8 Å². The number of fused-ring (bicyclic) bond motifs is 3. The molecular weight excluding hydrogens is 522 g/mol. The first-order valence-corrected chi connectivity index (χ1v) is 11.8. The molecule has 0 unspecified atom stereocenters. The third kappa shape index (κ3) is 12.5. The van der Waals surface area contributed by atoms with Crippen LogP contribution in [0.3, 0.4) is 0 Å². The fraction of sp³-hybridized carbons (Fsp3) is 0.367. The first kappa shape index (κ1) is 32.3. The van der Waals surface area contributed by atoms with E-state index < -0.39 is 0 Å². The van der Waals surface area contributed by atoms with Crippen molar-refractivity contribution >= 4 is 46.4 Å². The van der Waals surface area contributed by atoms with E-state index in [1.165, 1.54) is 85.8 Å². The van der Waals surface area contributed by atoms with Crippen molar-refractivity contribution in [2.24, 2.45) is 0 Å². The van der Waals surface area contributed by atoms with Gasteiger partial charge in [0.1, 0.15) is 0 Å². The Hall–Kier alpha value is -0.747. The van der Waals surface area contributed by atoms with Gasteiger partial charge in [-0.25, -0.2) is 12.2 Å². The second-order valence-corrected chi connectivity index (χ2v) is 8.18. The van der Waals surface area contributed by atoms with Crippen LogP contribution in [0.4, 0.5) is 0 Å². The standard InChI is InChI=1S/C13H9.2C6H11.C5H5.2ClH.Zr/c1-3-7-12-10(5-1)9-11-6-2-4-8-13(11)12;2*1-2-4-6-5-3-1;1-2-4-5-3-1;;;/h1-9H;2*1H,2-6H2;1-3H,4H2;2*1H;/q4*-1;;;+4. The van der Waals surface area contributed by atoms with Crippen LogP contribution in [0.25, 0.3) is 21.5 Å². The Labute approximate surface area is 233 Å². The van der Waals surface area contributed by atoms with Crippen LogP contribution in [0.15, 0.2) is 72.8 Å². The summed E-state index contributed by atoms with van der Waals surface area (Å²) in [6, 6.07) is 19.3. The van der Waals surface area contributed by atoms with Crippen molar-refractivity contribution in [3.63, 3.8) is 0 Å². The van der Waals surface area contributed by atoms with E-state index in [1.54, 1.807) is 0 Å². The third-order valence-corrected chi connectivity index (χ3v) is 5.74. The van der Waals surface area contributed by atoms with Crippen LogP contribution < -0.4 is 0 Å². The molecular formula is C30H38Cl2Zr. The molecule has 0 atom stereocenters. The van der Waals surface area contributed by atoms with Gasteiger partial charge in [-0.1, -0.05) is 74.9 Å². The van der Waals surface area contributed by atoms with Crippen LogP contribution in [0.1, 0.15) is 70.6 Å². The maximum Gasteiger partial charge on any atom is 4.00 e. The molecule has 0 heterocycles. The van der Waals surface area contributed by atoms with E-state index in [-0.39, 0.29) is 51.0 Å². The second kappa shape index (κ2) is 20.6. The zero-order chi connectivity index (χ0) is 20.7. The van der Waals surface area contributed by atoms with E-state index in [0.717, 1.165) is 6.42 Å². The molecule has 2 saturated carbocycles. The summed E-state index contributed by atoms with van der Waals surface area (Å²) in [7, 11) is 0. The number of hydrogen-bond donors (Lipinski definition) is 0. The fourth-order valence-electron chi connectivity index (χ4n) is 4.04. The zero-order valence-electron chi connectivity index (χ0n) is 19.7. The van der Waals surface area contributed by atoms with Gasteiger partial charge in [-0.05, 0) is 0 Å². The van der Waals surface area contributed by atoms with Gasteiger partial charge in [0.2, 0.25) is 0 Å². The SMILES string of the molecule is Cl.Cl.[C-]1=CC=CC1.[CH-]1CCCCC1.[CH-]1CCCCC1.[Zr+4].c1ccc2c(c1)[cH-]c1ccccc12. The molecule has 33 heavy (non-hydrogen) atoms. The minimum absolute atomic E-state index is 0. The van der Waals surface area contributed by atoms with Crippen LogP contribution in [-0.2, 0) is 26.2 Å². The number of benzene rings is 2. The van der Waals surface area contributed by atoms with Gasteiger partial charge in [0, 0.05) is 0 Å². The average molecular weight is 561 g/mol. The van der Waals surface area contributed by atoms with Gasteiger partial charge >= 0.3 is 26.2 Å². The summed E-state index contributed by atoms with van der Waals surface area (Å²) >= 11 is 0. The minimum Gasteiger partial charge on any atom is -0.328 e. The van der Waals surface area contributed by atoms with E-state index in [1.807, 2.05) is 12.2 Å². The summed E-state index contributed by atoms with van der Waals surface area (Å²) in [4.78, 5) is 0. The van der Waals surface area contributed by atoms with Crippen molar-refractivity contribution in [3.8, 4) is 0 Å². The van der Waals surface area contributed by atoms with Gasteiger partial charge in [0.25, 0.3) is 0 Å². The molecule has 0 spiro atoms. The monoisotopic (exact) mass is 558 g/mol. The number of halogens is 2. The Morgan fingerprint density at radius 3 is 1.33 bits per heavy atom. The van der Waals surface area contributed by atoms with E-state index >= 15 is 0 Å². The molecule has 3 aromatic carbocycles. The first-order chi connectivity index (χ1) is 14.9. The molecule has 0 N–H and O–H groups in total. The fourth-order valence-corrected chi connectivity index (χ4v) is 4.04. The van der Waals surface area contributed by atoms with Crippen LogP contribution >= 0.6 is 24.8 Å². The van der Waals surface area contributed by atoms with Crippen molar-refractivity contribution in [1.29, 1.82) is 0 Å².